The van der Waals surface area contributed by atoms with Crippen LogP contribution in [0.3, 0.4) is 0 Å². The second kappa shape index (κ2) is 12.3. The number of ether oxygens (including phenoxy) is 4. The normalized spacial score (nSPS) is 22.8. The highest BCUT2D eigenvalue weighted by molar-refractivity contribution is 7.89. The maximum Gasteiger partial charge on any atom is 0.376 e. The molecule has 0 bridgehead atoms. The lowest BCUT2D eigenvalue weighted by Gasteiger charge is -2.40. The van der Waals surface area contributed by atoms with Crippen LogP contribution in [0.25, 0.3) is 0 Å². The van der Waals surface area contributed by atoms with Crippen molar-refractivity contribution in [3.8, 4) is 0 Å². The van der Waals surface area contributed by atoms with E-state index in [2.05, 4.69) is 5.16 Å². The maximum atomic E-state index is 13.8. The second-order valence-electron chi connectivity index (χ2n) is 8.41. The van der Waals surface area contributed by atoms with Crippen LogP contribution in [0.15, 0.2) is 40.1 Å². The minimum atomic E-state index is -3.99. The van der Waals surface area contributed by atoms with E-state index in [1.807, 2.05) is 0 Å². The predicted molar refractivity (Wildman–Crippen MR) is 128 cm³/mol. The molecule has 0 amide bonds. The molecular formula is C23H32FN3O9S. The second-order valence-corrected chi connectivity index (χ2v) is 10.3. The lowest BCUT2D eigenvalue weighted by molar-refractivity contribution is -0.355. The number of hydrogen-bond acceptors (Lipinski definition) is 10. The summed E-state index contributed by atoms with van der Waals surface area (Å²) in [6.45, 7) is 4.50. The molecule has 0 aromatic heterocycles. The first-order valence-electron chi connectivity index (χ1n) is 11.7. The van der Waals surface area contributed by atoms with Crippen molar-refractivity contribution in [2.24, 2.45) is 10.9 Å². The maximum absolute atomic E-state index is 13.8. The average Bonchev–Trinajstić information content (AvgIpc) is 2.85. The fourth-order valence-corrected chi connectivity index (χ4v) is 5.58. The molecule has 3 N–H and O–H groups in total. The molecule has 2 saturated heterocycles. The fourth-order valence-electron chi connectivity index (χ4n) is 3.90. The van der Waals surface area contributed by atoms with Crippen LogP contribution in [0, 0.1) is 12.7 Å². The zero-order chi connectivity index (χ0) is 27.2. The Hall–Kier alpha value is -2.62. The van der Waals surface area contributed by atoms with Gasteiger partial charge in [-0.3, -0.25) is 0 Å². The molecule has 2 fully saturated rings. The number of carbonyl (C=O) groups excluding carboxylic acids is 1. The van der Waals surface area contributed by atoms with Gasteiger partial charge < -0.3 is 34.6 Å². The van der Waals surface area contributed by atoms with Gasteiger partial charge in [0.1, 0.15) is 11.4 Å². The molecular weight excluding hydrogens is 513 g/mol. The summed E-state index contributed by atoms with van der Waals surface area (Å²) in [6.07, 6.45) is 0.0944. The summed E-state index contributed by atoms with van der Waals surface area (Å²) in [6, 6.07) is 3.58. The molecule has 0 radical (unpaired) electrons. The molecule has 0 unspecified atom stereocenters. The number of nitrogens with zero attached hydrogens (tertiary/aromatic N) is 2. The molecule has 1 aromatic carbocycles. The molecule has 37 heavy (non-hydrogen) atoms. The van der Waals surface area contributed by atoms with Crippen molar-refractivity contribution in [1.82, 2.24) is 4.31 Å². The number of benzene rings is 1. The Morgan fingerprint density at radius 1 is 1.35 bits per heavy atom. The van der Waals surface area contributed by atoms with Crippen molar-refractivity contribution in [2.75, 3.05) is 32.9 Å². The number of nitrogens with two attached hydrogens (primary N) is 1. The molecule has 0 saturated carbocycles. The largest absolute Gasteiger partial charge is 0.460 e. The standard InChI is InChI=1S/C23H32FN3O9S/c1-4-32-21(29)18(14-20-34-16(3)35-20)36-26-22(25)23(33-12-11-28)7-9-27(10-8-23)37(30,31)19-13-17(24)6-5-15(19)2/h5-6,13-14,16,20,28H,4,7-12H2,1-3H3,(H2,25,26). The van der Waals surface area contributed by atoms with Crippen molar-refractivity contribution in [3.63, 3.8) is 0 Å². The fraction of sp³-hybridized carbons (Fsp3) is 0.565. The van der Waals surface area contributed by atoms with Crippen LogP contribution in [0.2, 0.25) is 0 Å². The van der Waals surface area contributed by atoms with Gasteiger partial charge in [0, 0.05) is 19.2 Å². The zero-order valence-corrected chi connectivity index (χ0v) is 21.7. The van der Waals surface area contributed by atoms with Gasteiger partial charge in [0.15, 0.2) is 18.4 Å². The number of hydrogen-bond donors (Lipinski definition) is 2. The summed E-state index contributed by atoms with van der Waals surface area (Å²) >= 11 is 0. The minimum absolute atomic E-state index is 0.0256. The van der Waals surface area contributed by atoms with Gasteiger partial charge in [-0.05, 0) is 51.3 Å². The van der Waals surface area contributed by atoms with E-state index in [0.29, 0.717) is 5.56 Å². The summed E-state index contributed by atoms with van der Waals surface area (Å²) < 4.78 is 62.7. The van der Waals surface area contributed by atoms with Crippen LogP contribution >= 0.6 is 0 Å². The molecule has 14 heteroatoms. The van der Waals surface area contributed by atoms with Crippen molar-refractivity contribution in [1.29, 1.82) is 0 Å². The van der Waals surface area contributed by atoms with E-state index in [9.17, 15) is 22.7 Å². The number of aryl methyl sites for hydroxylation is 1. The Balaban J connectivity index is 1.79. The number of halogens is 1. The SMILES string of the molecule is CCOC(=O)C(=CC1OC(C)O1)ON=C(N)C1(OCCO)CCN(S(=O)(=O)c2cc(F)ccc2C)CC1. The molecule has 3 rings (SSSR count). The number of aliphatic hydroxyl groups is 1. The molecule has 0 spiro atoms. The van der Waals surface area contributed by atoms with Gasteiger partial charge in [-0.2, -0.15) is 4.31 Å². The third-order valence-electron chi connectivity index (χ3n) is 5.89. The van der Waals surface area contributed by atoms with Crippen molar-refractivity contribution < 1.29 is 46.5 Å². The molecule has 0 aliphatic carbocycles. The number of amidine groups is 1. The van der Waals surface area contributed by atoms with Crippen LogP contribution < -0.4 is 5.73 Å². The van der Waals surface area contributed by atoms with Crippen LogP contribution in [0.5, 0.6) is 0 Å². The molecule has 2 aliphatic rings. The quantitative estimate of drug-likeness (QED) is 0.103. The van der Waals surface area contributed by atoms with Crippen molar-refractivity contribution in [2.45, 2.75) is 56.7 Å². The summed E-state index contributed by atoms with van der Waals surface area (Å²) in [5, 5.41) is 13.2. The van der Waals surface area contributed by atoms with E-state index in [0.717, 1.165) is 6.07 Å². The molecule has 2 aliphatic heterocycles. The molecule has 1 aromatic rings. The number of rotatable bonds is 11. The Bertz CT molecular complexity index is 1130. The van der Waals surface area contributed by atoms with Gasteiger partial charge in [0.25, 0.3) is 0 Å². The highest BCUT2D eigenvalue weighted by Crippen LogP contribution is 2.31. The van der Waals surface area contributed by atoms with Gasteiger partial charge >= 0.3 is 5.97 Å². The number of carbonyl (C=O) groups is 1. The Kier molecular flexibility index (Phi) is 9.61. The number of aliphatic hydroxyl groups excluding tert-OH is 1. The van der Waals surface area contributed by atoms with Crippen LogP contribution in [0.1, 0.15) is 32.3 Å². The first kappa shape index (κ1) is 28.9. The molecule has 12 nitrogen and oxygen atoms in total. The lowest BCUT2D eigenvalue weighted by atomic mass is 9.91. The number of oxime groups is 1. The van der Waals surface area contributed by atoms with Crippen LogP contribution in [-0.4, -0.2) is 80.7 Å². The van der Waals surface area contributed by atoms with E-state index >= 15 is 0 Å². The minimum Gasteiger partial charge on any atom is -0.460 e. The first-order valence-corrected chi connectivity index (χ1v) is 13.2. The Labute approximate surface area is 214 Å². The van der Waals surface area contributed by atoms with E-state index in [1.165, 1.54) is 22.5 Å². The zero-order valence-electron chi connectivity index (χ0n) is 20.9. The topological polar surface area (TPSA) is 159 Å². The van der Waals surface area contributed by atoms with Gasteiger partial charge in [0.2, 0.25) is 15.8 Å². The highest BCUT2D eigenvalue weighted by atomic mass is 32.2. The van der Waals surface area contributed by atoms with Gasteiger partial charge in [-0.25, -0.2) is 17.6 Å². The van der Waals surface area contributed by atoms with Crippen LogP contribution in [-0.2, 0) is 38.6 Å². The smallest absolute Gasteiger partial charge is 0.376 e. The number of piperidine rings is 1. The third kappa shape index (κ3) is 6.83. The van der Waals surface area contributed by atoms with Gasteiger partial charge in [0.05, 0.1) is 24.7 Å². The number of esters is 1. The average molecular weight is 546 g/mol. The number of sulfonamides is 1. The van der Waals surface area contributed by atoms with Gasteiger partial charge in [-0.1, -0.05) is 11.2 Å². The summed E-state index contributed by atoms with van der Waals surface area (Å²) in [4.78, 5) is 17.4. The van der Waals surface area contributed by atoms with Gasteiger partial charge in [-0.15, -0.1) is 0 Å². The molecule has 0 atom stereocenters. The third-order valence-corrected chi connectivity index (χ3v) is 7.93. The molecule has 206 valence electrons. The predicted octanol–water partition coefficient (Wildman–Crippen LogP) is 1.12. The molecule has 2 heterocycles. The van der Waals surface area contributed by atoms with E-state index in [4.69, 9.17) is 29.5 Å². The van der Waals surface area contributed by atoms with E-state index < -0.39 is 40.0 Å². The summed E-state index contributed by atoms with van der Waals surface area (Å²) in [7, 11) is -3.99. The lowest BCUT2D eigenvalue weighted by Crippen LogP contribution is -2.55. The van der Waals surface area contributed by atoms with E-state index in [-0.39, 0.29) is 62.2 Å². The summed E-state index contributed by atoms with van der Waals surface area (Å²) in [5.41, 5.74) is 5.34. The summed E-state index contributed by atoms with van der Waals surface area (Å²) in [5.74, 6) is -1.96. The van der Waals surface area contributed by atoms with Crippen LogP contribution in [0.4, 0.5) is 4.39 Å². The Morgan fingerprint density at radius 3 is 2.62 bits per heavy atom. The monoisotopic (exact) mass is 545 g/mol. The van der Waals surface area contributed by atoms with Crippen molar-refractivity contribution in [3.05, 3.63) is 41.4 Å². The van der Waals surface area contributed by atoms with Crippen molar-refractivity contribution >= 4 is 21.8 Å². The highest BCUT2D eigenvalue weighted by Gasteiger charge is 2.43. The Morgan fingerprint density at radius 2 is 2.03 bits per heavy atom. The first-order chi connectivity index (χ1) is 17.5. The van der Waals surface area contributed by atoms with E-state index in [1.54, 1.807) is 20.8 Å².